The van der Waals surface area contributed by atoms with Crippen molar-refractivity contribution in [3.8, 4) is 6.07 Å². The molecular formula is C17H20N6O2. The van der Waals surface area contributed by atoms with E-state index in [2.05, 4.69) is 27.0 Å². The van der Waals surface area contributed by atoms with Crippen LogP contribution in [0.1, 0.15) is 40.2 Å². The molecule has 8 nitrogen and oxygen atoms in total. The molecule has 2 heterocycles. The molecule has 2 amide bonds. The number of nitrogens with zero attached hydrogens (tertiary/aromatic N) is 4. The summed E-state index contributed by atoms with van der Waals surface area (Å²) in [5, 5.41) is 13.1. The van der Waals surface area contributed by atoms with E-state index in [9.17, 15) is 9.59 Å². The molecule has 0 aliphatic rings. The lowest BCUT2D eigenvalue weighted by atomic mass is 10.1. The fourth-order valence-corrected chi connectivity index (χ4v) is 2.47. The number of nitrogens with one attached hydrogen (secondary N) is 2. The number of hydrogen-bond acceptors (Lipinski definition) is 5. The molecule has 2 N–H and O–H groups in total. The fraction of sp³-hybridized carbons (Fsp3) is 0.353. The van der Waals surface area contributed by atoms with Crippen LogP contribution >= 0.6 is 0 Å². The number of pyridine rings is 1. The summed E-state index contributed by atoms with van der Waals surface area (Å²) in [5.74, 6) is -0.709. The van der Waals surface area contributed by atoms with Gasteiger partial charge in [-0.2, -0.15) is 10.4 Å². The molecule has 0 saturated heterocycles. The highest BCUT2D eigenvalue weighted by Crippen LogP contribution is 2.15. The molecule has 0 saturated carbocycles. The molecule has 8 heteroatoms. The number of amides is 2. The minimum Gasteiger partial charge on any atom is -0.273 e. The standard InChI is InChI=1S/C17H20N6O2/c1-12-15(13(2)23(22-12)10-4-8-18)6-7-16(24)20-21-17(25)14-5-3-9-19-11-14/h3,5,9,11H,4,6-7,10H2,1-2H3,(H,20,24)(H,21,25). The zero-order valence-electron chi connectivity index (χ0n) is 14.2. The van der Waals surface area contributed by atoms with Crippen molar-refractivity contribution in [2.75, 3.05) is 0 Å². The van der Waals surface area contributed by atoms with Crippen LogP contribution < -0.4 is 10.9 Å². The van der Waals surface area contributed by atoms with Gasteiger partial charge >= 0.3 is 0 Å². The number of aryl methyl sites for hydroxylation is 2. The number of carbonyl (C=O) groups excluding carboxylic acids is 2. The summed E-state index contributed by atoms with van der Waals surface area (Å²) < 4.78 is 1.79. The largest absolute Gasteiger partial charge is 0.273 e. The highest BCUT2D eigenvalue weighted by atomic mass is 16.2. The lowest BCUT2D eigenvalue weighted by Gasteiger charge is -2.07. The van der Waals surface area contributed by atoms with E-state index in [1.165, 1.54) is 6.20 Å². The molecule has 0 unspecified atom stereocenters. The van der Waals surface area contributed by atoms with E-state index < -0.39 is 5.91 Å². The van der Waals surface area contributed by atoms with Crippen LogP contribution in [0.5, 0.6) is 0 Å². The van der Waals surface area contributed by atoms with E-state index in [0.717, 1.165) is 17.0 Å². The first kappa shape index (κ1) is 18.1. The van der Waals surface area contributed by atoms with Crippen LogP contribution in [0.25, 0.3) is 0 Å². The first-order valence-electron chi connectivity index (χ1n) is 7.92. The Morgan fingerprint density at radius 3 is 2.80 bits per heavy atom. The molecule has 0 bridgehead atoms. The minimum atomic E-state index is -0.418. The van der Waals surface area contributed by atoms with Crippen molar-refractivity contribution in [1.29, 1.82) is 5.26 Å². The zero-order valence-corrected chi connectivity index (χ0v) is 14.2. The van der Waals surface area contributed by atoms with Crippen molar-refractivity contribution in [3.05, 3.63) is 47.0 Å². The summed E-state index contributed by atoms with van der Waals surface area (Å²) in [6, 6.07) is 5.35. The monoisotopic (exact) mass is 340 g/mol. The van der Waals surface area contributed by atoms with Gasteiger partial charge in [-0.25, -0.2) is 0 Å². The second kappa shape index (κ2) is 8.59. The number of carbonyl (C=O) groups is 2. The highest BCUT2D eigenvalue weighted by Gasteiger charge is 2.13. The van der Waals surface area contributed by atoms with E-state index >= 15 is 0 Å². The quantitative estimate of drug-likeness (QED) is 0.767. The zero-order chi connectivity index (χ0) is 18.2. The summed E-state index contributed by atoms with van der Waals surface area (Å²) in [6.45, 7) is 4.35. The maximum absolute atomic E-state index is 11.9. The highest BCUT2D eigenvalue weighted by molar-refractivity contribution is 5.95. The number of rotatable bonds is 6. The van der Waals surface area contributed by atoms with Crippen LogP contribution in [-0.4, -0.2) is 26.6 Å². The second-order valence-corrected chi connectivity index (χ2v) is 5.52. The predicted octanol–water partition coefficient (Wildman–Crippen LogP) is 1.20. The average Bonchev–Trinajstić information content (AvgIpc) is 2.90. The van der Waals surface area contributed by atoms with Gasteiger partial charge in [0.05, 0.1) is 30.3 Å². The molecule has 0 aromatic carbocycles. The Kier molecular flexibility index (Phi) is 6.23. The van der Waals surface area contributed by atoms with Crippen LogP contribution in [0, 0.1) is 25.2 Å². The van der Waals surface area contributed by atoms with Gasteiger partial charge < -0.3 is 0 Å². The maximum Gasteiger partial charge on any atom is 0.271 e. The molecule has 0 atom stereocenters. The average molecular weight is 340 g/mol. The molecule has 2 aromatic rings. The molecule has 0 aliphatic carbocycles. The third-order valence-electron chi connectivity index (χ3n) is 3.81. The van der Waals surface area contributed by atoms with Crippen molar-refractivity contribution in [1.82, 2.24) is 25.6 Å². The van der Waals surface area contributed by atoms with Gasteiger partial charge in [0.1, 0.15) is 0 Å². The lowest BCUT2D eigenvalue weighted by molar-refractivity contribution is -0.121. The summed E-state index contributed by atoms with van der Waals surface area (Å²) in [5.41, 5.74) is 7.93. The third-order valence-corrected chi connectivity index (χ3v) is 3.81. The van der Waals surface area contributed by atoms with Crippen LogP contribution in [0.15, 0.2) is 24.5 Å². The van der Waals surface area contributed by atoms with Crippen molar-refractivity contribution >= 4 is 11.8 Å². The van der Waals surface area contributed by atoms with E-state index in [1.807, 2.05) is 13.8 Å². The smallest absolute Gasteiger partial charge is 0.271 e. The predicted molar refractivity (Wildman–Crippen MR) is 90.1 cm³/mol. The Morgan fingerprint density at radius 1 is 1.32 bits per heavy atom. The first-order chi connectivity index (χ1) is 12.0. The summed E-state index contributed by atoms with van der Waals surface area (Å²) in [6.07, 6.45) is 4.11. The van der Waals surface area contributed by atoms with Crippen molar-refractivity contribution in [2.24, 2.45) is 0 Å². The first-order valence-corrected chi connectivity index (χ1v) is 7.92. The molecule has 2 rings (SSSR count). The van der Waals surface area contributed by atoms with Crippen LogP contribution in [0.2, 0.25) is 0 Å². The van der Waals surface area contributed by atoms with Crippen molar-refractivity contribution < 1.29 is 9.59 Å². The van der Waals surface area contributed by atoms with Gasteiger partial charge in [-0.3, -0.25) is 30.1 Å². The normalized spacial score (nSPS) is 10.1. The summed E-state index contributed by atoms with van der Waals surface area (Å²) in [4.78, 5) is 27.6. The fourth-order valence-electron chi connectivity index (χ4n) is 2.47. The van der Waals surface area contributed by atoms with Gasteiger partial charge in [0.2, 0.25) is 5.91 Å². The molecule has 0 aliphatic heterocycles. The molecule has 0 radical (unpaired) electrons. The van der Waals surface area contributed by atoms with E-state index in [0.29, 0.717) is 24.9 Å². The van der Waals surface area contributed by atoms with Gasteiger partial charge in [0.15, 0.2) is 0 Å². The summed E-state index contributed by atoms with van der Waals surface area (Å²) >= 11 is 0. The van der Waals surface area contributed by atoms with Crippen molar-refractivity contribution in [3.63, 3.8) is 0 Å². The number of aromatic nitrogens is 3. The Morgan fingerprint density at radius 2 is 2.12 bits per heavy atom. The SMILES string of the molecule is Cc1nn(CCC#N)c(C)c1CCC(=O)NNC(=O)c1cccnc1. The topological polar surface area (TPSA) is 113 Å². The molecule has 130 valence electrons. The second-order valence-electron chi connectivity index (χ2n) is 5.52. The Labute approximate surface area is 145 Å². The van der Waals surface area contributed by atoms with Crippen LogP contribution in [0.3, 0.4) is 0 Å². The molecule has 0 fully saturated rings. The van der Waals surface area contributed by atoms with E-state index in [1.54, 1.807) is 23.0 Å². The Bertz CT molecular complexity index is 791. The number of nitriles is 1. The number of hydrogen-bond donors (Lipinski definition) is 2. The Hall–Kier alpha value is -3.21. The summed E-state index contributed by atoms with van der Waals surface area (Å²) in [7, 11) is 0. The lowest BCUT2D eigenvalue weighted by Crippen LogP contribution is -2.41. The van der Waals surface area contributed by atoms with E-state index in [-0.39, 0.29) is 12.3 Å². The minimum absolute atomic E-state index is 0.221. The number of hydrazine groups is 1. The maximum atomic E-state index is 11.9. The van der Waals surface area contributed by atoms with Crippen LogP contribution in [0.4, 0.5) is 0 Å². The molecule has 25 heavy (non-hydrogen) atoms. The van der Waals surface area contributed by atoms with Gasteiger partial charge in [-0.15, -0.1) is 0 Å². The Balaban J connectivity index is 1.85. The molecule has 0 spiro atoms. The van der Waals surface area contributed by atoms with Crippen molar-refractivity contribution in [2.45, 2.75) is 39.7 Å². The van der Waals surface area contributed by atoms with Gasteiger partial charge in [0.25, 0.3) is 5.91 Å². The van der Waals surface area contributed by atoms with Gasteiger partial charge in [-0.1, -0.05) is 0 Å². The molecule has 2 aromatic heterocycles. The van der Waals surface area contributed by atoms with E-state index in [4.69, 9.17) is 5.26 Å². The van der Waals surface area contributed by atoms with Gasteiger partial charge in [0, 0.05) is 24.5 Å². The third kappa shape index (κ3) is 4.88. The van der Waals surface area contributed by atoms with Crippen LogP contribution in [-0.2, 0) is 17.8 Å². The molecular weight excluding hydrogens is 320 g/mol. The van der Waals surface area contributed by atoms with Gasteiger partial charge in [-0.05, 0) is 38.0 Å².